The number of piperazine rings is 1. The van der Waals surface area contributed by atoms with Crippen LogP contribution in [0, 0.1) is 17.0 Å². The van der Waals surface area contributed by atoms with E-state index in [-0.39, 0.29) is 18.1 Å². The molecule has 2 heterocycles. The highest BCUT2D eigenvalue weighted by molar-refractivity contribution is 7.16. The molecule has 9 heteroatoms. The molecule has 0 spiro atoms. The van der Waals surface area contributed by atoms with Gasteiger partial charge in [0.15, 0.2) is 0 Å². The molecule has 1 aliphatic heterocycles. The molecule has 0 unspecified atom stereocenters. The van der Waals surface area contributed by atoms with Crippen molar-refractivity contribution in [3.8, 4) is 0 Å². The van der Waals surface area contributed by atoms with Gasteiger partial charge in [0.1, 0.15) is 0 Å². The molecule has 1 N–H and O–H groups in total. The number of non-ortho nitro benzene ring substituents is 1. The Hall–Kier alpha value is -2.00. The van der Waals surface area contributed by atoms with Gasteiger partial charge >= 0.3 is 0 Å². The minimum atomic E-state index is -0.463. The summed E-state index contributed by atoms with van der Waals surface area (Å²) in [6.45, 7) is 6.36. The first kappa shape index (κ1) is 19.8. The normalized spacial score (nSPS) is 15.6. The average Bonchev–Trinajstić information content (AvgIpc) is 3.03. The topological polar surface area (TPSA) is 78.7 Å². The zero-order chi connectivity index (χ0) is 19.4. The number of thiophene rings is 1. The van der Waals surface area contributed by atoms with E-state index < -0.39 is 4.92 Å². The molecule has 0 atom stereocenters. The number of nitro groups is 1. The first-order valence-corrected chi connectivity index (χ1v) is 9.84. The van der Waals surface area contributed by atoms with Gasteiger partial charge in [0.05, 0.1) is 21.5 Å². The maximum absolute atomic E-state index is 12.3. The van der Waals surface area contributed by atoms with Crippen LogP contribution in [0.3, 0.4) is 0 Å². The van der Waals surface area contributed by atoms with E-state index in [1.54, 1.807) is 17.4 Å². The number of aryl methyl sites for hydroxylation is 1. The highest BCUT2D eigenvalue weighted by Gasteiger charge is 2.20. The molecule has 0 radical (unpaired) electrons. The highest BCUT2D eigenvalue weighted by Crippen LogP contribution is 2.23. The monoisotopic (exact) mass is 408 g/mol. The summed E-state index contributed by atoms with van der Waals surface area (Å²) in [5.74, 6) is -0.155. The number of hydrogen-bond acceptors (Lipinski definition) is 6. The molecule has 0 bridgehead atoms. The Labute approximate surface area is 166 Å². The number of rotatable bonds is 6. The lowest BCUT2D eigenvalue weighted by Gasteiger charge is -2.34. The molecule has 2 aromatic rings. The number of amides is 1. The molecule has 1 aromatic carbocycles. The molecule has 0 saturated carbocycles. The summed E-state index contributed by atoms with van der Waals surface area (Å²) in [5.41, 5.74) is 1.26. The summed E-state index contributed by atoms with van der Waals surface area (Å²) in [4.78, 5) is 28.5. The molecule has 0 aliphatic carbocycles. The van der Waals surface area contributed by atoms with Crippen LogP contribution in [0.5, 0.6) is 0 Å². The molecule has 3 rings (SSSR count). The number of nitrogens with zero attached hydrogens (tertiary/aromatic N) is 3. The lowest BCUT2D eigenvalue weighted by atomic mass is 10.2. The number of benzene rings is 1. The Morgan fingerprint density at radius 2 is 1.93 bits per heavy atom. The fourth-order valence-corrected chi connectivity index (χ4v) is 4.14. The van der Waals surface area contributed by atoms with Gasteiger partial charge in [-0.15, -0.1) is 11.3 Å². The van der Waals surface area contributed by atoms with E-state index in [1.807, 2.05) is 19.1 Å². The molecule has 144 valence electrons. The average molecular weight is 409 g/mol. The number of carbonyl (C=O) groups excluding carboxylic acids is 1. The van der Waals surface area contributed by atoms with E-state index >= 15 is 0 Å². The highest BCUT2D eigenvalue weighted by atomic mass is 35.5. The van der Waals surface area contributed by atoms with Crippen molar-refractivity contribution < 1.29 is 9.72 Å². The SMILES string of the molecule is Cc1ccc([N+](=O)[O-])cc1NC(=O)CN1CCN(Cc2ccc(Cl)s2)CC1. The third-order valence-corrected chi connectivity index (χ3v) is 5.76. The third kappa shape index (κ3) is 5.49. The van der Waals surface area contributed by atoms with Crippen LogP contribution in [-0.2, 0) is 11.3 Å². The van der Waals surface area contributed by atoms with Gasteiger partial charge in [-0.3, -0.25) is 24.7 Å². The van der Waals surface area contributed by atoms with Crippen molar-refractivity contribution in [2.45, 2.75) is 13.5 Å². The first-order valence-electron chi connectivity index (χ1n) is 8.64. The summed E-state index contributed by atoms with van der Waals surface area (Å²) in [5, 5.41) is 13.7. The van der Waals surface area contributed by atoms with Crippen molar-refractivity contribution in [2.75, 3.05) is 38.0 Å². The summed E-state index contributed by atoms with van der Waals surface area (Å²) in [6.07, 6.45) is 0. The molecular formula is C18H21ClN4O3S. The molecule has 1 fully saturated rings. The van der Waals surface area contributed by atoms with Gasteiger partial charge in [-0.2, -0.15) is 0 Å². The number of nitrogens with one attached hydrogen (secondary N) is 1. The molecule has 1 aliphatic rings. The van der Waals surface area contributed by atoms with Gasteiger partial charge in [-0.05, 0) is 24.6 Å². The third-order valence-electron chi connectivity index (χ3n) is 4.55. The van der Waals surface area contributed by atoms with Gasteiger partial charge in [-0.25, -0.2) is 0 Å². The molecule has 1 amide bonds. The van der Waals surface area contributed by atoms with Crippen LogP contribution in [0.1, 0.15) is 10.4 Å². The second-order valence-electron chi connectivity index (χ2n) is 6.56. The van der Waals surface area contributed by atoms with Crippen molar-refractivity contribution >= 4 is 40.2 Å². The lowest BCUT2D eigenvalue weighted by molar-refractivity contribution is -0.384. The Bertz CT molecular complexity index is 834. The second kappa shape index (κ2) is 8.79. The maximum atomic E-state index is 12.3. The number of hydrogen-bond donors (Lipinski definition) is 1. The summed E-state index contributed by atoms with van der Waals surface area (Å²) in [7, 11) is 0. The minimum absolute atomic E-state index is 0.0294. The largest absolute Gasteiger partial charge is 0.324 e. The van der Waals surface area contributed by atoms with Crippen molar-refractivity contribution in [1.82, 2.24) is 9.80 Å². The van der Waals surface area contributed by atoms with Crippen molar-refractivity contribution in [1.29, 1.82) is 0 Å². The van der Waals surface area contributed by atoms with E-state index in [9.17, 15) is 14.9 Å². The fraction of sp³-hybridized carbons (Fsp3) is 0.389. The maximum Gasteiger partial charge on any atom is 0.271 e. The predicted molar refractivity (Wildman–Crippen MR) is 108 cm³/mol. The fourth-order valence-electron chi connectivity index (χ4n) is 3.01. The van der Waals surface area contributed by atoms with Gasteiger partial charge < -0.3 is 5.32 Å². The predicted octanol–water partition coefficient (Wildman–Crippen LogP) is 3.37. The number of nitro benzene ring substituents is 1. The Kier molecular flexibility index (Phi) is 6.43. The number of halogens is 1. The smallest absolute Gasteiger partial charge is 0.271 e. The van der Waals surface area contributed by atoms with Crippen LogP contribution >= 0.6 is 22.9 Å². The Balaban J connectivity index is 1.48. The second-order valence-corrected chi connectivity index (χ2v) is 8.36. The molecule has 27 heavy (non-hydrogen) atoms. The standard InChI is InChI=1S/C18H21ClN4O3S/c1-13-2-3-14(23(25)26)10-16(13)20-18(24)12-22-8-6-21(7-9-22)11-15-4-5-17(19)27-15/h2-5,10H,6-9,11-12H2,1H3,(H,20,24). The first-order chi connectivity index (χ1) is 12.9. The molecular weight excluding hydrogens is 388 g/mol. The van der Waals surface area contributed by atoms with Gasteiger partial charge in [-0.1, -0.05) is 17.7 Å². The lowest BCUT2D eigenvalue weighted by Crippen LogP contribution is -2.48. The summed E-state index contributed by atoms with van der Waals surface area (Å²) >= 11 is 7.57. The Morgan fingerprint density at radius 3 is 2.56 bits per heavy atom. The van der Waals surface area contributed by atoms with Crippen LogP contribution < -0.4 is 5.32 Å². The van der Waals surface area contributed by atoms with Gasteiger partial charge in [0, 0.05) is 49.7 Å². The van der Waals surface area contributed by atoms with Crippen molar-refractivity contribution in [2.24, 2.45) is 0 Å². The minimum Gasteiger partial charge on any atom is -0.324 e. The zero-order valence-electron chi connectivity index (χ0n) is 15.0. The van der Waals surface area contributed by atoms with Crippen LogP contribution in [-0.4, -0.2) is 53.4 Å². The summed E-state index contributed by atoms with van der Waals surface area (Å²) < 4.78 is 0.803. The van der Waals surface area contributed by atoms with E-state index in [4.69, 9.17) is 11.6 Å². The van der Waals surface area contributed by atoms with Crippen molar-refractivity contribution in [3.05, 3.63) is 55.2 Å². The Morgan fingerprint density at radius 1 is 1.22 bits per heavy atom. The van der Waals surface area contributed by atoms with Gasteiger partial charge in [0.2, 0.25) is 5.91 Å². The molecule has 7 nitrogen and oxygen atoms in total. The molecule has 1 saturated heterocycles. The van der Waals surface area contributed by atoms with E-state index in [2.05, 4.69) is 15.1 Å². The quantitative estimate of drug-likeness (QED) is 0.585. The van der Waals surface area contributed by atoms with E-state index in [0.29, 0.717) is 5.69 Å². The van der Waals surface area contributed by atoms with Crippen LogP contribution in [0.4, 0.5) is 11.4 Å². The van der Waals surface area contributed by atoms with Crippen LogP contribution in [0.15, 0.2) is 30.3 Å². The van der Waals surface area contributed by atoms with Crippen molar-refractivity contribution in [3.63, 3.8) is 0 Å². The van der Waals surface area contributed by atoms with Crippen LogP contribution in [0.25, 0.3) is 0 Å². The van der Waals surface area contributed by atoms with Crippen LogP contribution in [0.2, 0.25) is 4.34 Å². The number of anilines is 1. The van der Waals surface area contributed by atoms with Gasteiger partial charge in [0.25, 0.3) is 5.69 Å². The summed E-state index contributed by atoms with van der Waals surface area (Å²) in [6, 6.07) is 8.44. The number of carbonyl (C=O) groups is 1. The van der Waals surface area contributed by atoms with E-state index in [0.717, 1.165) is 42.6 Å². The zero-order valence-corrected chi connectivity index (χ0v) is 16.6. The van der Waals surface area contributed by atoms with E-state index in [1.165, 1.54) is 17.0 Å². The molecule has 1 aromatic heterocycles.